The largest absolute Gasteiger partial charge is 0.497 e. The lowest BCUT2D eigenvalue weighted by Gasteiger charge is -2.23. The molecule has 1 atom stereocenters. The number of carbonyl (C=O) groups is 2. The van der Waals surface area contributed by atoms with Gasteiger partial charge in [0.15, 0.2) is 12.4 Å². The Hall–Kier alpha value is -2.82. The molecule has 24 heavy (non-hydrogen) atoms. The Morgan fingerprint density at radius 1 is 1.17 bits per heavy atom. The molecule has 0 bridgehead atoms. The Kier molecular flexibility index (Phi) is 4.79. The van der Waals surface area contributed by atoms with Crippen LogP contribution in [-0.2, 0) is 16.0 Å². The van der Waals surface area contributed by atoms with Gasteiger partial charge in [0, 0.05) is 5.56 Å². The number of fused-ring (bicyclic) bond motifs is 1. The number of rotatable bonds is 5. The van der Waals surface area contributed by atoms with Crippen molar-refractivity contribution in [1.29, 1.82) is 0 Å². The van der Waals surface area contributed by atoms with Crippen LogP contribution in [0, 0.1) is 5.92 Å². The van der Waals surface area contributed by atoms with E-state index in [1.54, 1.807) is 24.3 Å². The van der Waals surface area contributed by atoms with Gasteiger partial charge in [-0.25, -0.2) is 0 Å². The summed E-state index contributed by atoms with van der Waals surface area (Å²) in [4.78, 5) is 24.3. The van der Waals surface area contributed by atoms with E-state index in [2.05, 4.69) is 0 Å². The number of benzene rings is 2. The minimum absolute atomic E-state index is 0.264. The number of esters is 1. The highest BCUT2D eigenvalue weighted by Crippen LogP contribution is 2.27. The van der Waals surface area contributed by atoms with Crippen LogP contribution in [0.25, 0.3) is 0 Å². The first-order chi connectivity index (χ1) is 11.7. The standard InChI is InChI=1S/C19H18O5/c1-22-16-7-4-6-13(10-16)17(20)12-24-19(21)15-9-14-5-2-3-8-18(14)23-11-15/h2-8,10,15H,9,11-12H2,1H3. The van der Waals surface area contributed by atoms with Gasteiger partial charge in [0.1, 0.15) is 18.1 Å². The second kappa shape index (κ2) is 7.17. The van der Waals surface area contributed by atoms with Crippen molar-refractivity contribution in [1.82, 2.24) is 0 Å². The summed E-state index contributed by atoms with van der Waals surface area (Å²) < 4.78 is 15.8. The minimum atomic E-state index is -0.416. The molecule has 0 spiro atoms. The summed E-state index contributed by atoms with van der Waals surface area (Å²) in [5.74, 6) is 0.316. The zero-order valence-corrected chi connectivity index (χ0v) is 13.4. The molecule has 0 fully saturated rings. The Balaban J connectivity index is 1.57. The molecule has 5 nitrogen and oxygen atoms in total. The van der Waals surface area contributed by atoms with Crippen LogP contribution < -0.4 is 9.47 Å². The molecule has 1 unspecified atom stereocenters. The van der Waals surface area contributed by atoms with E-state index in [4.69, 9.17) is 14.2 Å². The molecule has 0 aromatic heterocycles. The fraction of sp³-hybridized carbons (Fsp3) is 0.263. The average Bonchev–Trinajstić information content (AvgIpc) is 2.65. The first-order valence-corrected chi connectivity index (χ1v) is 7.72. The van der Waals surface area contributed by atoms with Gasteiger partial charge in [0.2, 0.25) is 0 Å². The second-order valence-electron chi connectivity index (χ2n) is 5.58. The predicted octanol–water partition coefficient (Wildman–Crippen LogP) is 2.67. The highest BCUT2D eigenvalue weighted by Gasteiger charge is 2.27. The molecule has 0 N–H and O–H groups in total. The lowest BCUT2D eigenvalue weighted by Crippen LogP contribution is -2.31. The molecule has 0 saturated carbocycles. The van der Waals surface area contributed by atoms with Crippen molar-refractivity contribution < 1.29 is 23.8 Å². The number of carbonyl (C=O) groups excluding carboxylic acids is 2. The SMILES string of the molecule is COc1cccc(C(=O)COC(=O)C2COc3ccccc3C2)c1. The van der Waals surface area contributed by atoms with Gasteiger partial charge in [-0.3, -0.25) is 9.59 Å². The normalized spacial score (nSPS) is 15.8. The van der Waals surface area contributed by atoms with Gasteiger partial charge in [-0.05, 0) is 30.2 Å². The van der Waals surface area contributed by atoms with Crippen LogP contribution in [0.5, 0.6) is 11.5 Å². The van der Waals surface area contributed by atoms with Gasteiger partial charge >= 0.3 is 5.97 Å². The second-order valence-corrected chi connectivity index (χ2v) is 5.58. The topological polar surface area (TPSA) is 61.8 Å². The fourth-order valence-corrected chi connectivity index (χ4v) is 2.61. The molecule has 1 aliphatic rings. The van der Waals surface area contributed by atoms with Crippen molar-refractivity contribution in [2.24, 2.45) is 5.92 Å². The molecule has 124 valence electrons. The van der Waals surface area contributed by atoms with E-state index in [9.17, 15) is 9.59 Å². The molecule has 1 aliphatic heterocycles. The van der Waals surface area contributed by atoms with Crippen LogP contribution in [0.3, 0.4) is 0 Å². The van der Waals surface area contributed by atoms with Crippen LogP contribution in [0.15, 0.2) is 48.5 Å². The number of hydrogen-bond donors (Lipinski definition) is 0. The van der Waals surface area contributed by atoms with Crippen molar-refractivity contribution >= 4 is 11.8 Å². The maximum atomic E-state index is 12.2. The molecule has 1 heterocycles. The van der Waals surface area contributed by atoms with Crippen molar-refractivity contribution in [3.05, 3.63) is 59.7 Å². The van der Waals surface area contributed by atoms with E-state index in [0.717, 1.165) is 11.3 Å². The summed E-state index contributed by atoms with van der Waals surface area (Å²) in [5.41, 5.74) is 1.43. The number of ether oxygens (including phenoxy) is 3. The molecular weight excluding hydrogens is 308 g/mol. The van der Waals surface area contributed by atoms with Crippen LogP contribution >= 0.6 is 0 Å². The third-order valence-electron chi connectivity index (χ3n) is 3.95. The fourth-order valence-electron chi connectivity index (χ4n) is 2.61. The number of ketones is 1. The predicted molar refractivity (Wildman–Crippen MR) is 87.4 cm³/mol. The summed E-state index contributed by atoms with van der Waals surface area (Å²) in [5, 5.41) is 0. The number of Topliss-reactive ketones (excluding diaryl/α,β-unsaturated/α-hetero) is 1. The highest BCUT2D eigenvalue weighted by molar-refractivity contribution is 5.98. The third-order valence-corrected chi connectivity index (χ3v) is 3.95. The van der Waals surface area contributed by atoms with Gasteiger partial charge < -0.3 is 14.2 Å². The van der Waals surface area contributed by atoms with Crippen LogP contribution in [0.1, 0.15) is 15.9 Å². The molecule has 0 radical (unpaired) electrons. The Labute approximate surface area is 140 Å². The van der Waals surface area contributed by atoms with Crippen LogP contribution in [0.2, 0.25) is 0 Å². The quantitative estimate of drug-likeness (QED) is 0.624. The lowest BCUT2D eigenvalue weighted by atomic mass is 9.97. The number of methoxy groups -OCH3 is 1. The summed E-state index contributed by atoms with van der Waals surface area (Å²) in [6, 6.07) is 14.4. The lowest BCUT2D eigenvalue weighted by molar-refractivity contribution is -0.148. The smallest absolute Gasteiger partial charge is 0.313 e. The monoisotopic (exact) mass is 326 g/mol. The van der Waals surface area contributed by atoms with Gasteiger partial charge in [0.25, 0.3) is 0 Å². The maximum Gasteiger partial charge on any atom is 0.313 e. The molecule has 2 aromatic rings. The summed E-state index contributed by atoms with van der Waals surface area (Å²) in [6.45, 7) is -0.0205. The third kappa shape index (κ3) is 3.56. The Morgan fingerprint density at radius 3 is 2.83 bits per heavy atom. The number of hydrogen-bond acceptors (Lipinski definition) is 5. The summed E-state index contributed by atoms with van der Waals surface area (Å²) in [6.07, 6.45) is 0.558. The molecule has 0 aliphatic carbocycles. The van der Waals surface area contributed by atoms with E-state index < -0.39 is 11.9 Å². The minimum Gasteiger partial charge on any atom is -0.497 e. The molecule has 0 saturated heterocycles. The molecule has 0 amide bonds. The molecule has 5 heteroatoms. The number of para-hydroxylation sites is 1. The highest BCUT2D eigenvalue weighted by atomic mass is 16.5. The van der Waals surface area contributed by atoms with Gasteiger partial charge in [-0.2, -0.15) is 0 Å². The molecular formula is C19H18O5. The molecule has 2 aromatic carbocycles. The Morgan fingerprint density at radius 2 is 2.00 bits per heavy atom. The first kappa shape index (κ1) is 16.1. The van der Waals surface area contributed by atoms with Crippen LogP contribution in [0.4, 0.5) is 0 Å². The van der Waals surface area contributed by atoms with E-state index in [-0.39, 0.29) is 19.0 Å². The van der Waals surface area contributed by atoms with E-state index in [0.29, 0.717) is 17.7 Å². The van der Waals surface area contributed by atoms with Gasteiger partial charge in [0.05, 0.1) is 13.0 Å². The summed E-state index contributed by atoms with van der Waals surface area (Å²) in [7, 11) is 1.53. The van der Waals surface area contributed by atoms with E-state index in [1.165, 1.54) is 7.11 Å². The van der Waals surface area contributed by atoms with Crippen LogP contribution in [-0.4, -0.2) is 32.1 Å². The van der Waals surface area contributed by atoms with Gasteiger partial charge in [-0.1, -0.05) is 30.3 Å². The zero-order valence-electron chi connectivity index (χ0n) is 13.4. The zero-order chi connectivity index (χ0) is 16.9. The van der Waals surface area contributed by atoms with Crippen molar-refractivity contribution in [3.8, 4) is 11.5 Å². The van der Waals surface area contributed by atoms with Crippen molar-refractivity contribution in [3.63, 3.8) is 0 Å². The first-order valence-electron chi connectivity index (χ1n) is 7.72. The van der Waals surface area contributed by atoms with Gasteiger partial charge in [-0.15, -0.1) is 0 Å². The van der Waals surface area contributed by atoms with E-state index >= 15 is 0 Å². The maximum absolute atomic E-state index is 12.2. The van der Waals surface area contributed by atoms with Crippen molar-refractivity contribution in [2.45, 2.75) is 6.42 Å². The average molecular weight is 326 g/mol. The Bertz CT molecular complexity index is 753. The summed E-state index contributed by atoms with van der Waals surface area (Å²) >= 11 is 0. The van der Waals surface area contributed by atoms with Crippen molar-refractivity contribution in [2.75, 3.05) is 20.3 Å². The molecule has 3 rings (SSSR count). The van der Waals surface area contributed by atoms with E-state index in [1.807, 2.05) is 24.3 Å².